The Labute approximate surface area is 101 Å². The monoisotopic (exact) mass is 239 g/mol. The van der Waals surface area contributed by atoms with Crippen molar-refractivity contribution in [1.29, 1.82) is 0 Å². The molecule has 0 bridgehead atoms. The Hall–Kier alpha value is -1.42. The molecule has 3 nitrogen and oxygen atoms in total. The van der Waals surface area contributed by atoms with Crippen molar-refractivity contribution in [2.45, 2.75) is 33.9 Å². The molecule has 1 aromatic carbocycles. The largest absolute Gasteiger partial charge is 0.392 e. The van der Waals surface area contributed by atoms with E-state index in [2.05, 4.69) is 5.32 Å². The molecule has 0 saturated carbocycles. The van der Waals surface area contributed by atoms with Gasteiger partial charge in [-0.05, 0) is 17.7 Å². The number of aliphatic hydroxyl groups excluding tert-OH is 1. The van der Waals surface area contributed by atoms with E-state index >= 15 is 0 Å². The van der Waals surface area contributed by atoms with Crippen LogP contribution in [0.2, 0.25) is 0 Å². The van der Waals surface area contributed by atoms with Gasteiger partial charge in [-0.25, -0.2) is 4.39 Å². The molecule has 17 heavy (non-hydrogen) atoms. The quantitative estimate of drug-likeness (QED) is 0.847. The van der Waals surface area contributed by atoms with Crippen LogP contribution in [0.3, 0.4) is 0 Å². The minimum absolute atomic E-state index is 0.0626. The summed E-state index contributed by atoms with van der Waals surface area (Å²) in [7, 11) is 0. The molecule has 1 amide bonds. The summed E-state index contributed by atoms with van der Waals surface area (Å²) in [4.78, 5) is 11.6. The molecular weight excluding hydrogens is 221 g/mol. The summed E-state index contributed by atoms with van der Waals surface area (Å²) in [6, 6.07) is 4.44. The molecule has 0 fully saturated rings. The van der Waals surface area contributed by atoms with Gasteiger partial charge in [0, 0.05) is 17.5 Å². The molecule has 0 spiro atoms. The third kappa shape index (κ3) is 3.82. The maximum atomic E-state index is 13.1. The van der Waals surface area contributed by atoms with Crippen molar-refractivity contribution in [1.82, 2.24) is 5.32 Å². The lowest BCUT2D eigenvalue weighted by Gasteiger charge is -2.17. The number of amides is 1. The first-order valence-electron chi connectivity index (χ1n) is 5.51. The molecule has 0 saturated heterocycles. The van der Waals surface area contributed by atoms with Crippen LogP contribution in [0.25, 0.3) is 0 Å². The van der Waals surface area contributed by atoms with Crippen LogP contribution in [0.15, 0.2) is 18.2 Å². The summed E-state index contributed by atoms with van der Waals surface area (Å²) in [5.41, 5.74) is 0.570. The van der Waals surface area contributed by atoms with Crippen molar-refractivity contribution >= 4 is 5.91 Å². The second-order valence-electron chi connectivity index (χ2n) is 5.02. The first-order valence-corrected chi connectivity index (χ1v) is 5.51. The second-order valence-corrected chi connectivity index (χ2v) is 5.02. The van der Waals surface area contributed by atoms with Gasteiger partial charge in [0.2, 0.25) is 5.91 Å². The maximum Gasteiger partial charge on any atom is 0.225 e. The zero-order valence-corrected chi connectivity index (χ0v) is 10.4. The summed E-state index contributed by atoms with van der Waals surface area (Å²) >= 11 is 0. The van der Waals surface area contributed by atoms with Crippen LogP contribution >= 0.6 is 0 Å². The maximum absolute atomic E-state index is 13.1. The average molecular weight is 239 g/mol. The van der Waals surface area contributed by atoms with Gasteiger partial charge in [-0.3, -0.25) is 4.79 Å². The van der Waals surface area contributed by atoms with Crippen LogP contribution in [-0.4, -0.2) is 11.0 Å². The lowest BCUT2D eigenvalue weighted by molar-refractivity contribution is -0.128. The molecule has 0 radical (unpaired) electrons. The van der Waals surface area contributed by atoms with E-state index in [-0.39, 0.29) is 18.1 Å². The molecule has 94 valence electrons. The Morgan fingerprint density at radius 2 is 2.06 bits per heavy atom. The third-order valence-electron chi connectivity index (χ3n) is 2.41. The number of nitrogens with one attached hydrogen (secondary N) is 1. The van der Waals surface area contributed by atoms with E-state index in [4.69, 9.17) is 5.11 Å². The number of hydrogen-bond donors (Lipinski definition) is 2. The lowest BCUT2D eigenvalue weighted by atomic mass is 9.95. The third-order valence-corrected chi connectivity index (χ3v) is 2.41. The van der Waals surface area contributed by atoms with Crippen LogP contribution in [0, 0.1) is 11.2 Å². The van der Waals surface area contributed by atoms with Gasteiger partial charge < -0.3 is 10.4 Å². The van der Waals surface area contributed by atoms with Gasteiger partial charge in [-0.1, -0.05) is 26.8 Å². The van der Waals surface area contributed by atoms with E-state index in [9.17, 15) is 9.18 Å². The van der Waals surface area contributed by atoms with Crippen molar-refractivity contribution in [3.05, 3.63) is 35.1 Å². The molecular formula is C13H18FNO2. The predicted octanol–water partition coefficient (Wildman–Crippen LogP) is 1.98. The highest BCUT2D eigenvalue weighted by atomic mass is 19.1. The number of halogens is 1. The topological polar surface area (TPSA) is 49.3 Å². The molecule has 0 aromatic heterocycles. The molecule has 0 aliphatic carbocycles. The summed E-state index contributed by atoms with van der Waals surface area (Å²) < 4.78 is 13.1. The van der Waals surface area contributed by atoms with Crippen LogP contribution in [0.5, 0.6) is 0 Å². The van der Waals surface area contributed by atoms with Crippen LogP contribution in [0.4, 0.5) is 4.39 Å². The Balaban J connectivity index is 2.67. The summed E-state index contributed by atoms with van der Waals surface area (Å²) in [5.74, 6) is -0.495. The van der Waals surface area contributed by atoms with E-state index in [1.807, 2.05) is 20.8 Å². The highest BCUT2D eigenvalue weighted by Gasteiger charge is 2.20. The smallest absolute Gasteiger partial charge is 0.225 e. The standard InChI is InChI=1S/C13H18FNO2/c1-13(2,3)12(17)15-7-9-4-5-11(14)10(6-9)8-16/h4-6,16H,7-8H2,1-3H3,(H,15,17). The number of rotatable bonds is 3. The average Bonchev–Trinajstić information content (AvgIpc) is 2.26. The number of benzene rings is 1. The number of aliphatic hydroxyl groups is 1. The van der Waals surface area contributed by atoms with E-state index < -0.39 is 11.2 Å². The zero-order valence-electron chi connectivity index (χ0n) is 10.4. The lowest BCUT2D eigenvalue weighted by Crippen LogP contribution is -2.34. The minimum atomic E-state index is -0.445. The fourth-order valence-electron chi connectivity index (χ4n) is 1.31. The molecule has 1 rings (SSSR count). The van der Waals surface area contributed by atoms with Crippen LogP contribution in [0.1, 0.15) is 31.9 Å². The van der Waals surface area contributed by atoms with E-state index in [0.29, 0.717) is 6.54 Å². The fraction of sp³-hybridized carbons (Fsp3) is 0.462. The Kier molecular flexibility index (Phi) is 4.23. The van der Waals surface area contributed by atoms with E-state index in [1.54, 1.807) is 12.1 Å². The number of carbonyl (C=O) groups is 1. The molecule has 0 atom stereocenters. The number of hydrogen-bond acceptors (Lipinski definition) is 2. The van der Waals surface area contributed by atoms with Crippen LogP contribution < -0.4 is 5.32 Å². The first kappa shape index (κ1) is 13.6. The normalized spacial score (nSPS) is 11.4. The van der Waals surface area contributed by atoms with Gasteiger partial charge in [0.15, 0.2) is 0 Å². The van der Waals surface area contributed by atoms with E-state index in [0.717, 1.165) is 5.56 Å². The summed E-state index contributed by atoms with van der Waals surface area (Å²) in [6.45, 7) is 5.47. The Morgan fingerprint density at radius 3 is 2.59 bits per heavy atom. The highest BCUT2D eigenvalue weighted by Crippen LogP contribution is 2.14. The SMILES string of the molecule is CC(C)(C)C(=O)NCc1ccc(F)c(CO)c1. The fourth-order valence-corrected chi connectivity index (χ4v) is 1.31. The molecule has 0 aliphatic heterocycles. The number of carbonyl (C=O) groups excluding carboxylic acids is 1. The zero-order chi connectivity index (χ0) is 13.1. The highest BCUT2D eigenvalue weighted by molar-refractivity contribution is 5.81. The summed E-state index contributed by atoms with van der Waals surface area (Å²) in [5, 5.41) is 11.7. The predicted molar refractivity (Wildman–Crippen MR) is 63.6 cm³/mol. The van der Waals surface area contributed by atoms with E-state index in [1.165, 1.54) is 6.07 Å². The second kappa shape index (κ2) is 5.27. The molecule has 2 N–H and O–H groups in total. The van der Waals surface area contributed by atoms with Crippen molar-refractivity contribution in [3.63, 3.8) is 0 Å². The molecule has 0 heterocycles. The first-order chi connectivity index (χ1) is 7.84. The van der Waals surface area contributed by atoms with Gasteiger partial charge in [0.05, 0.1) is 6.61 Å². The van der Waals surface area contributed by atoms with Crippen molar-refractivity contribution < 1.29 is 14.3 Å². The van der Waals surface area contributed by atoms with Crippen molar-refractivity contribution in [2.75, 3.05) is 0 Å². The van der Waals surface area contributed by atoms with Gasteiger partial charge in [0.1, 0.15) is 5.82 Å². The Bertz CT molecular complexity index is 410. The van der Waals surface area contributed by atoms with Gasteiger partial charge in [0.25, 0.3) is 0 Å². The van der Waals surface area contributed by atoms with Crippen molar-refractivity contribution in [3.8, 4) is 0 Å². The summed E-state index contributed by atoms with van der Waals surface area (Å²) in [6.07, 6.45) is 0. The minimum Gasteiger partial charge on any atom is -0.392 e. The molecule has 0 aliphatic rings. The van der Waals surface area contributed by atoms with Gasteiger partial charge in [-0.2, -0.15) is 0 Å². The molecule has 4 heteroatoms. The van der Waals surface area contributed by atoms with Crippen LogP contribution in [-0.2, 0) is 17.9 Å². The van der Waals surface area contributed by atoms with Gasteiger partial charge >= 0.3 is 0 Å². The Morgan fingerprint density at radius 1 is 1.41 bits per heavy atom. The molecule has 0 unspecified atom stereocenters. The van der Waals surface area contributed by atoms with Gasteiger partial charge in [-0.15, -0.1) is 0 Å². The molecule has 1 aromatic rings. The van der Waals surface area contributed by atoms with Crippen molar-refractivity contribution in [2.24, 2.45) is 5.41 Å².